The van der Waals surface area contributed by atoms with Gasteiger partial charge in [-0.3, -0.25) is 0 Å². The third-order valence-electron chi connectivity index (χ3n) is 1.05. The average molecular weight is 204 g/mol. The minimum atomic E-state index is -5.19. The lowest BCUT2D eigenvalue weighted by Gasteiger charge is -2.09. The summed E-state index contributed by atoms with van der Waals surface area (Å²) in [7, 11) is 0. The normalized spacial score (nSPS) is 13.4. The molecule has 0 fully saturated rings. The van der Waals surface area contributed by atoms with E-state index in [4.69, 9.17) is 0 Å². The van der Waals surface area contributed by atoms with Gasteiger partial charge in [-0.25, -0.2) is 0 Å². The van der Waals surface area contributed by atoms with Crippen molar-refractivity contribution in [3.8, 4) is 0 Å². The lowest BCUT2D eigenvalue weighted by Crippen LogP contribution is -2.16. The zero-order valence-corrected chi connectivity index (χ0v) is 5.61. The van der Waals surface area contributed by atoms with Gasteiger partial charge in [0, 0.05) is 0 Å². The summed E-state index contributed by atoms with van der Waals surface area (Å²) < 4.78 is 70.6. The van der Waals surface area contributed by atoms with E-state index in [0.717, 1.165) is 0 Å². The predicted molar refractivity (Wildman–Crippen MR) is 25.4 cm³/mol. The Morgan fingerprint density at radius 1 is 0.769 bits per heavy atom. The summed E-state index contributed by atoms with van der Waals surface area (Å²) >= 11 is 0. The van der Waals surface area contributed by atoms with E-state index in [2.05, 4.69) is 15.4 Å². The van der Waals surface area contributed by atoms with Crippen LogP contribution in [0.5, 0.6) is 0 Å². The summed E-state index contributed by atoms with van der Waals surface area (Å²) in [5.74, 6) is 0. The van der Waals surface area contributed by atoms with E-state index in [9.17, 15) is 26.3 Å². The molecular formula is C4F6N3-. The molecule has 74 valence electrons. The number of rotatable bonds is 0. The lowest BCUT2D eigenvalue weighted by molar-refractivity contribution is -0.165. The van der Waals surface area contributed by atoms with Crippen LogP contribution in [0.1, 0.15) is 11.4 Å². The molecule has 1 aromatic rings. The molecule has 0 saturated carbocycles. The summed E-state index contributed by atoms with van der Waals surface area (Å²) in [6.07, 6.45) is -10.4. The van der Waals surface area contributed by atoms with Gasteiger partial charge in [0.1, 0.15) is 0 Å². The molecule has 13 heavy (non-hydrogen) atoms. The molecule has 0 aliphatic carbocycles. The first kappa shape index (κ1) is 9.81. The third kappa shape index (κ3) is 1.90. The van der Waals surface area contributed by atoms with Crippen LogP contribution >= 0.6 is 0 Å². The van der Waals surface area contributed by atoms with E-state index in [1.165, 1.54) is 0 Å². The average Bonchev–Trinajstić information content (AvgIpc) is 2.27. The number of halogens is 6. The van der Waals surface area contributed by atoms with Gasteiger partial charge in [0.05, 0.1) is 0 Å². The molecule has 3 nitrogen and oxygen atoms in total. The number of hydrogen-bond donors (Lipinski definition) is 0. The molecular weight excluding hydrogens is 204 g/mol. The molecule has 0 aliphatic rings. The fraction of sp³-hybridized carbons (Fsp3) is 0.500. The van der Waals surface area contributed by atoms with Crippen LogP contribution in [-0.2, 0) is 12.4 Å². The van der Waals surface area contributed by atoms with Crippen molar-refractivity contribution in [1.82, 2.24) is 15.4 Å². The molecule has 0 spiro atoms. The van der Waals surface area contributed by atoms with Gasteiger partial charge in [-0.05, 0) is 0 Å². The molecule has 1 rings (SSSR count). The van der Waals surface area contributed by atoms with E-state index in [0.29, 0.717) is 0 Å². The van der Waals surface area contributed by atoms with Gasteiger partial charge < -0.3 is 15.4 Å². The van der Waals surface area contributed by atoms with Crippen molar-refractivity contribution < 1.29 is 26.3 Å². The molecule has 1 heterocycles. The lowest BCUT2D eigenvalue weighted by atomic mass is 10.3. The molecule has 0 radical (unpaired) electrons. The minimum Gasteiger partial charge on any atom is -0.492 e. The number of hydrogen-bond acceptors (Lipinski definition) is 2. The first-order chi connectivity index (χ1) is 5.73. The Morgan fingerprint density at radius 2 is 1.08 bits per heavy atom. The summed E-state index contributed by atoms with van der Waals surface area (Å²) in [4.78, 5) is 0. The SMILES string of the molecule is FC(F)(F)c1n[n-]nc1C(F)(F)F. The third-order valence-corrected chi connectivity index (χ3v) is 1.05. The van der Waals surface area contributed by atoms with E-state index < -0.39 is 23.7 Å². The highest BCUT2D eigenvalue weighted by molar-refractivity contribution is 5.15. The Kier molecular flexibility index (Phi) is 1.96. The van der Waals surface area contributed by atoms with Gasteiger partial charge in [-0.2, -0.15) is 26.3 Å². The minimum absolute atomic E-state index is 2.11. The molecule has 0 unspecified atom stereocenters. The van der Waals surface area contributed by atoms with Crippen LogP contribution in [-0.4, -0.2) is 10.2 Å². The zero-order valence-electron chi connectivity index (χ0n) is 5.61. The Morgan fingerprint density at radius 3 is 1.31 bits per heavy atom. The molecule has 0 saturated heterocycles. The van der Waals surface area contributed by atoms with Gasteiger partial charge >= 0.3 is 12.4 Å². The second kappa shape index (κ2) is 2.60. The second-order valence-electron chi connectivity index (χ2n) is 1.98. The van der Waals surface area contributed by atoms with E-state index in [1.807, 2.05) is 0 Å². The van der Waals surface area contributed by atoms with Crippen molar-refractivity contribution >= 4 is 0 Å². The second-order valence-corrected chi connectivity index (χ2v) is 1.98. The molecule has 0 bridgehead atoms. The molecule has 0 atom stereocenters. The van der Waals surface area contributed by atoms with Crippen molar-refractivity contribution in [2.24, 2.45) is 0 Å². The maximum absolute atomic E-state index is 11.8. The number of nitrogens with zero attached hydrogens (tertiary/aromatic N) is 3. The topological polar surface area (TPSA) is 39.9 Å². The summed E-state index contributed by atoms with van der Waals surface area (Å²) in [6.45, 7) is 0. The highest BCUT2D eigenvalue weighted by Gasteiger charge is 2.44. The maximum atomic E-state index is 11.8. The van der Waals surface area contributed by atoms with Crippen molar-refractivity contribution in [2.45, 2.75) is 12.4 Å². The van der Waals surface area contributed by atoms with Crippen LogP contribution < -0.4 is 5.21 Å². The van der Waals surface area contributed by atoms with E-state index >= 15 is 0 Å². The quantitative estimate of drug-likeness (QED) is 0.600. The fourth-order valence-electron chi connectivity index (χ4n) is 0.588. The monoisotopic (exact) mass is 204 g/mol. The van der Waals surface area contributed by atoms with Crippen LogP contribution in [0.25, 0.3) is 0 Å². The van der Waals surface area contributed by atoms with Crippen LogP contribution in [0.2, 0.25) is 0 Å². The van der Waals surface area contributed by atoms with Crippen LogP contribution in [0.15, 0.2) is 0 Å². The first-order valence-electron chi connectivity index (χ1n) is 2.73. The number of aromatic nitrogens is 3. The summed E-state index contributed by atoms with van der Waals surface area (Å²) in [5.41, 5.74) is -4.22. The molecule has 0 aliphatic heterocycles. The summed E-state index contributed by atoms with van der Waals surface area (Å²) in [6, 6.07) is 0. The summed E-state index contributed by atoms with van der Waals surface area (Å²) in [5, 5.41) is 6.81. The van der Waals surface area contributed by atoms with E-state index in [1.54, 1.807) is 0 Å². The van der Waals surface area contributed by atoms with Gasteiger partial charge in [-0.15, -0.1) is 0 Å². The molecule has 1 aromatic heterocycles. The van der Waals surface area contributed by atoms with Crippen molar-refractivity contribution in [3.05, 3.63) is 11.4 Å². The fourth-order valence-corrected chi connectivity index (χ4v) is 0.588. The zero-order chi connectivity index (χ0) is 10.3. The van der Waals surface area contributed by atoms with Crippen molar-refractivity contribution in [3.63, 3.8) is 0 Å². The predicted octanol–water partition coefficient (Wildman–Crippen LogP) is 1.47. The highest BCUT2D eigenvalue weighted by Crippen LogP contribution is 2.37. The van der Waals surface area contributed by atoms with E-state index in [-0.39, 0.29) is 0 Å². The smallest absolute Gasteiger partial charge is 0.433 e. The van der Waals surface area contributed by atoms with Crippen molar-refractivity contribution in [2.75, 3.05) is 0 Å². The van der Waals surface area contributed by atoms with Gasteiger partial charge in [0.25, 0.3) is 0 Å². The Balaban J connectivity index is 3.19. The van der Waals surface area contributed by atoms with Crippen molar-refractivity contribution in [1.29, 1.82) is 0 Å². The van der Waals surface area contributed by atoms with Gasteiger partial charge in [0.15, 0.2) is 11.4 Å². The highest BCUT2D eigenvalue weighted by atomic mass is 19.4. The van der Waals surface area contributed by atoms with Crippen LogP contribution in [0.3, 0.4) is 0 Å². The Labute approximate surface area is 66.7 Å². The molecule has 9 heteroatoms. The molecule has 0 amide bonds. The maximum Gasteiger partial charge on any atom is 0.433 e. The van der Waals surface area contributed by atoms with Crippen LogP contribution in [0, 0.1) is 0 Å². The first-order valence-corrected chi connectivity index (χ1v) is 2.73. The standard InChI is InChI=1S/C4F6N3/c5-3(6,7)1-2(4(8,9)10)12-13-11-1/q-1. The van der Waals surface area contributed by atoms with Crippen LogP contribution in [0.4, 0.5) is 26.3 Å². The Bertz CT molecular complexity index is 267. The Hall–Kier alpha value is -1.28. The van der Waals surface area contributed by atoms with Gasteiger partial charge in [0.2, 0.25) is 0 Å². The number of alkyl halides is 6. The largest absolute Gasteiger partial charge is 0.492 e. The van der Waals surface area contributed by atoms with Gasteiger partial charge in [-0.1, -0.05) is 0 Å². The molecule has 0 N–H and O–H groups in total. The molecule has 0 aromatic carbocycles.